The first-order valence-electron chi connectivity index (χ1n) is 8.74. The second kappa shape index (κ2) is 4.78. The van der Waals surface area contributed by atoms with E-state index in [1.807, 2.05) is 6.92 Å². The van der Waals surface area contributed by atoms with Gasteiger partial charge in [0.1, 0.15) is 5.60 Å². The fourth-order valence-electron chi connectivity index (χ4n) is 5.74. The first kappa shape index (κ1) is 16.0. The minimum atomic E-state index is -1.85. The Hall–Kier alpha value is -1.49. The predicted molar refractivity (Wildman–Crippen MR) is 84.7 cm³/mol. The molecule has 0 aromatic carbocycles. The molecular formula is C19H23FO4. The highest BCUT2D eigenvalue weighted by atomic mass is 19.1. The van der Waals surface area contributed by atoms with Gasteiger partial charge in [0.15, 0.2) is 11.5 Å². The molecule has 1 heterocycles. The maximum atomic E-state index is 16.5. The predicted octanol–water partition coefficient (Wildman–Crippen LogP) is 2.65. The molecule has 3 fully saturated rings. The van der Waals surface area contributed by atoms with Gasteiger partial charge in [-0.1, -0.05) is 11.6 Å². The highest BCUT2D eigenvalue weighted by molar-refractivity contribution is 6.01. The van der Waals surface area contributed by atoms with Crippen LogP contribution in [0.1, 0.15) is 46.0 Å². The molecule has 24 heavy (non-hydrogen) atoms. The summed E-state index contributed by atoms with van der Waals surface area (Å²) in [6, 6.07) is 0. The fraction of sp³-hybridized carbons (Fsp3) is 0.684. The van der Waals surface area contributed by atoms with E-state index in [-0.39, 0.29) is 30.0 Å². The molecule has 0 aromatic rings. The SMILES string of the molecule is C[C@]12C=CC(=O)C=C1CC[C@@H]1[C@@H]3CCC(=O)O[C@@]3(C)C[C@@H](O)[C@]12F. The summed E-state index contributed by atoms with van der Waals surface area (Å²) in [5.41, 5.74) is -2.86. The Morgan fingerprint density at radius 2 is 1.92 bits per heavy atom. The smallest absolute Gasteiger partial charge is 0.306 e. The van der Waals surface area contributed by atoms with Gasteiger partial charge in [-0.15, -0.1) is 0 Å². The van der Waals surface area contributed by atoms with E-state index in [2.05, 4.69) is 0 Å². The van der Waals surface area contributed by atoms with Crippen molar-refractivity contribution in [3.63, 3.8) is 0 Å². The molecular weight excluding hydrogens is 311 g/mol. The zero-order valence-corrected chi connectivity index (χ0v) is 14.0. The van der Waals surface area contributed by atoms with Gasteiger partial charge in [0.25, 0.3) is 0 Å². The second-order valence-corrected chi connectivity index (χ2v) is 8.17. The number of aliphatic hydroxyl groups excluding tert-OH is 1. The molecule has 0 unspecified atom stereocenters. The van der Waals surface area contributed by atoms with E-state index in [0.29, 0.717) is 25.7 Å². The Kier molecular flexibility index (Phi) is 3.19. The normalized spacial score (nSPS) is 50.3. The molecule has 1 aliphatic heterocycles. The molecule has 4 rings (SSSR count). The Morgan fingerprint density at radius 1 is 1.21 bits per heavy atom. The van der Waals surface area contributed by atoms with Crippen molar-refractivity contribution in [3.8, 4) is 0 Å². The lowest BCUT2D eigenvalue weighted by Crippen LogP contribution is -2.69. The molecule has 0 amide bonds. The van der Waals surface area contributed by atoms with Gasteiger partial charge in [0, 0.05) is 30.1 Å². The summed E-state index contributed by atoms with van der Waals surface area (Å²) in [5.74, 6) is -0.878. The maximum absolute atomic E-state index is 16.5. The molecule has 6 atom stereocenters. The zero-order valence-electron chi connectivity index (χ0n) is 14.0. The molecule has 0 bridgehead atoms. The van der Waals surface area contributed by atoms with Crippen molar-refractivity contribution in [2.45, 2.75) is 63.3 Å². The molecule has 1 N–H and O–H groups in total. The van der Waals surface area contributed by atoms with Crippen LogP contribution in [0.25, 0.3) is 0 Å². The van der Waals surface area contributed by atoms with Gasteiger partial charge in [0.2, 0.25) is 0 Å². The van der Waals surface area contributed by atoms with Crippen LogP contribution in [0, 0.1) is 17.3 Å². The number of esters is 1. The summed E-state index contributed by atoms with van der Waals surface area (Å²) in [6.07, 6.45) is 5.53. The zero-order chi connectivity index (χ0) is 17.3. The van der Waals surface area contributed by atoms with Crippen LogP contribution in [-0.4, -0.2) is 34.2 Å². The number of aliphatic hydroxyl groups is 1. The molecule has 4 aliphatic rings. The van der Waals surface area contributed by atoms with E-state index >= 15 is 4.39 Å². The number of allylic oxidation sites excluding steroid dienone is 4. The van der Waals surface area contributed by atoms with Gasteiger partial charge in [-0.05, 0) is 45.3 Å². The summed E-state index contributed by atoms with van der Waals surface area (Å²) < 4.78 is 22.1. The third kappa shape index (κ3) is 1.82. The summed E-state index contributed by atoms with van der Waals surface area (Å²) in [7, 11) is 0. The minimum absolute atomic E-state index is 0.0983. The van der Waals surface area contributed by atoms with Gasteiger partial charge in [-0.25, -0.2) is 4.39 Å². The van der Waals surface area contributed by atoms with Crippen molar-refractivity contribution < 1.29 is 23.8 Å². The topological polar surface area (TPSA) is 63.6 Å². The van der Waals surface area contributed by atoms with Crippen molar-refractivity contribution in [3.05, 3.63) is 23.8 Å². The summed E-state index contributed by atoms with van der Waals surface area (Å²) in [4.78, 5) is 23.5. The molecule has 0 aromatic heterocycles. The molecule has 2 saturated carbocycles. The first-order valence-corrected chi connectivity index (χ1v) is 8.74. The molecule has 0 radical (unpaired) electrons. The highest BCUT2D eigenvalue weighted by Crippen LogP contribution is 2.64. The Labute approximate surface area is 140 Å². The van der Waals surface area contributed by atoms with Crippen LogP contribution < -0.4 is 0 Å². The third-order valence-corrected chi connectivity index (χ3v) is 6.98. The quantitative estimate of drug-likeness (QED) is 0.692. The first-order chi connectivity index (χ1) is 11.2. The molecule has 5 heteroatoms. The van der Waals surface area contributed by atoms with E-state index in [9.17, 15) is 14.7 Å². The number of hydrogen-bond acceptors (Lipinski definition) is 4. The van der Waals surface area contributed by atoms with E-state index in [1.54, 1.807) is 13.0 Å². The van der Waals surface area contributed by atoms with Crippen molar-refractivity contribution in [2.75, 3.05) is 0 Å². The lowest BCUT2D eigenvalue weighted by Gasteiger charge is -2.62. The van der Waals surface area contributed by atoms with Crippen LogP contribution in [0.3, 0.4) is 0 Å². The number of hydrogen-bond donors (Lipinski definition) is 1. The standard InChI is InChI=1S/C19H23FO4/c1-17-8-7-12(21)9-11(17)3-4-14-13-5-6-16(23)24-18(13,2)10-15(22)19(14,17)20/h7-9,13-15,22H,3-6,10H2,1-2H3/t13-,14+,15+,17-,18-,19+/m0/s1. The second-order valence-electron chi connectivity index (χ2n) is 8.17. The Morgan fingerprint density at radius 3 is 2.67 bits per heavy atom. The van der Waals surface area contributed by atoms with E-state index in [4.69, 9.17) is 4.74 Å². The monoisotopic (exact) mass is 334 g/mol. The average Bonchev–Trinajstić information content (AvgIpc) is 2.49. The molecule has 130 valence electrons. The minimum Gasteiger partial charge on any atom is -0.459 e. The van der Waals surface area contributed by atoms with Gasteiger partial charge >= 0.3 is 5.97 Å². The number of ketones is 1. The Balaban J connectivity index is 1.81. The summed E-state index contributed by atoms with van der Waals surface area (Å²) in [6.45, 7) is 3.61. The largest absolute Gasteiger partial charge is 0.459 e. The van der Waals surface area contributed by atoms with Crippen LogP contribution in [0.15, 0.2) is 23.8 Å². The van der Waals surface area contributed by atoms with E-state index in [0.717, 1.165) is 5.57 Å². The molecule has 0 spiro atoms. The van der Waals surface area contributed by atoms with Gasteiger partial charge < -0.3 is 9.84 Å². The molecule has 1 saturated heterocycles. The third-order valence-electron chi connectivity index (χ3n) is 6.98. The van der Waals surface area contributed by atoms with E-state index < -0.39 is 22.8 Å². The van der Waals surface area contributed by atoms with Crippen LogP contribution in [0.4, 0.5) is 4.39 Å². The van der Waals surface area contributed by atoms with Crippen molar-refractivity contribution >= 4 is 11.8 Å². The van der Waals surface area contributed by atoms with Crippen LogP contribution >= 0.6 is 0 Å². The van der Waals surface area contributed by atoms with Crippen molar-refractivity contribution in [1.29, 1.82) is 0 Å². The molecule has 3 aliphatic carbocycles. The lowest BCUT2D eigenvalue weighted by atomic mass is 9.46. The van der Waals surface area contributed by atoms with Crippen molar-refractivity contribution in [1.82, 2.24) is 0 Å². The van der Waals surface area contributed by atoms with Gasteiger partial charge in [0.05, 0.1) is 6.10 Å². The summed E-state index contributed by atoms with van der Waals surface area (Å²) >= 11 is 0. The maximum Gasteiger partial charge on any atom is 0.306 e. The number of rotatable bonds is 0. The number of carbonyl (C=O) groups excluding carboxylic acids is 2. The van der Waals surface area contributed by atoms with Crippen LogP contribution in [-0.2, 0) is 14.3 Å². The van der Waals surface area contributed by atoms with Gasteiger partial charge in [-0.2, -0.15) is 0 Å². The number of ether oxygens (including phenoxy) is 1. The van der Waals surface area contributed by atoms with E-state index in [1.165, 1.54) is 12.2 Å². The fourth-order valence-corrected chi connectivity index (χ4v) is 5.74. The lowest BCUT2D eigenvalue weighted by molar-refractivity contribution is -0.241. The van der Waals surface area contributed by atoms with Crippen LogP contribution in [0.5, 0.6) is 0 Å². The summed E-state index contributed by atoms with van der Waals surface area (Å²) in [5, 5.41) is 10.8. The number of fused-ring (bicyclic) bond motifs is 5. The molecule has 4 nitrogen and oxygen atoms in total. The van der Waals surface area contributed by atoms with Crippen molar-refractivity contribution in [2.24, 2.45) is 17.3 Å². The number of alkyl halides is 1. The van der Waals surface area contributed by atoms with Crippen LogP contribution in [0.2, 0.25) is 0 Å². The Bertz CT molecular complexity index is 683. The average molecular weight is 334 g/mol. The number of carbonyl (C=O) groups is 2. The number of halogens is 1. The van der Waals surface area contributed by atoms with Gasteiger partial charge in [-0.3, -0.25) is 9.59 Å². The highest BCUT2D eigenvalue weighted by Gasteiger charge is 2.69.